The van der Waals surface area contributed by atoms with Crippen molar-refractivity contribution in [1.29, 1.82) is 0 Å². The molecule has 4 saturated carbocycles. The molecular weight excluding hydrogens is 292 g/mol. The average Bonchev–Trinajstić information content (AvgIpc) is 2.48. The Kier molecular flexibility index (Phi) is 4.17. The van der Waals surface area contributed by atoms with Crippen molar-refractivity contribution in [2.45, 2.75) is 51.0 Å². The van der Waals surface area contributed by atoms with E-state index in [0.29, 0.717) is 11.8 Å². The van der Waals surface area contributed by atoms with Crippen molar-refractivity contribution in [3.8, 4) is 0 Å². The largest absolute Gasteiger partial charge is 0.456 e. The topological polar surface area (TPSA) is 52.6 Å². The first kappa shape index (κ1) is 15.1. The van der Waals surface area contributed by atoms with Gasteiger partial charge < -0.3 is 9.47 Å². The average molecular weight is 315 g/mol. The second kappa shape index (κ2) is 5.79. The van der Waals surface area contributed by atoms with Crippen LogP contribution in [0.3, 0.4) is 0 Å². The summed E-state index contributed by atoms with van der Waals surface area (Å²) in [6.07, 6.45) is 6.99. The molecule has 0 amide bonds. The number of esters is 2. The first-order valence-corrected chi connectivity index (χ1v) is 8.54. The maximum absolute atomic E-state index is 12.1. The summed E-state index contributed by atoms with van der Waals surface area (Å²) in [6, 6.07) is 0. The van der Waals surface area contributed by atoms with E-state index in [1.165, 1.54) is 32.1 Å². The van der Waals surface area contributed by atoms with E-state index in [0.717, 1.165) is 18.3 Å². The Balaban J connectivity index is 1.67. The fourth-order valence-corrected chi connectivity index (χ4v) is 5.29. The first-order valence-electron chi connectivity index (χ1n) is 8.00. The molecule has 4 aliphatic rings. The molecule has 4 nitrogen and oxygen atoms in total. The first-order chi connectivity index (χ1) is 10.1. The molecule has 0 aromatic rings. The van der Waals surface area contributed by atoms with Crippen LogP contribution < -0.4 is 0 Å². The number of carbonyl (C=O) groups excluding carboxylic acids is 2. The number of hydrogen-bond donors (Lipinski definition) is 0. The Morgan fingerprint density at radius 3 is 2.10 bits per heavy atom. The molecule has 0 aromatic carbocycles. The van der Waals surface area contributed by atoms with Crippen LogP contribution in [0, 0.1) is 23.7 Å². The van der Waals surface area contributed by atoms with Crippen LogP contribution in [-0.2, 0) is 19.1 Å². The third-order valence-electron chi connectivity index (χ3n) is 5.84. The van der Waals surface area contributed by atoms with Crippen LogP contribution in [0.15, 0.2) is 0 Å². The van der Waals surface area contributed by atoms with Gasteiger partial charge in [0.05, 0.1) is 0 Å². The number of alkyl halides is 1. The molecule has 0 saturated heterocycles. The normalized spacial score (nSPS) is 40.1. The number of halogens is 1. The lowest BCUT2D eigenvalue weighted by Gasteiger charge is -2.60. The van der Waals surface area contributed by atoms with Gasteiger partial charge in [0.25, 0.3) is 0 Å². The zero-order valence-corrected chi connectivity index (χ0v) is 13.2. The van der Waals surface area contributed by atoms with Crippen LogP contribution in [-0.4, -0.2) is 30.0 Å². The zero-order chi connectivity index (χ0) is 15.0. The van der Waals surface area contributed by atoms with E-state index in [2.05, 4.69) is 6.92 Å². The van der Waals surface area contributed by atoms with E-state index in [-0.39, 0.29) is 18.1 Å². The van der Waals surface area contributed by atoms with Gasteiger partial charge in [0.15, 0.2) is 6.61 Å². The van der Waals surface area contributed by atoms with Gasteiger partial charge >= 0.3 is 11.9 Å². The van der Waals surface area contributed by atoms with Gasteiger partial charge in [-0.25, -0.2) is 4.79 Å². The summed E-state index contributed by atoms with van der Waals surface area (Å²) in [5, 5.41) is 0. The number of carbonyl (C=O) groups is 2. The van der Waals surface area contributed by atoms with Crippen LogP contribution in [0.4, 0.5) is 0 Å². The van der Waals surface area contributed by atoms with Gasteiger partial charge in [0, 0.05) is 0 Å². The van der Waals surface area contributed by atoms with Crippen LogP contribution in [0.25, 0.3) is 0 Å². The van der Waals surface area contributed by atoms with Gasteiger partial charge in [-0.1, -0.05) is 6.92 Å². The lowest BCUT2D eigenvalue weighted by molar-refractivity contribution is -0.214. The standard InChI is InChI=1S/C16H23ClO4/c1-2-16(21-15(19)9-20-14(18)8-17)12-4-10-3-11(6-12)7-13(16)5-10/h10-13H,2-9H2,1H3. The second-order valence-corrected chi connectivity index (χ2v) is 7.15. The van der Waals surface area contributed by atoms with Crippen molar-refractivity contribution in [2.75, 3.05) is 12.5 Å². The van der Waals surface area contributed by atoms with Gasteiger partial charge in [0.2, 0.25) is 0 Å². The van der Waals surface area contributed by atoms with Gasteiger partial charge in [-0.2, -0.15) is 0 Å². The summed E-state index contributed by atoms with van der Waals surface area (Å²) >= 11 is 5.35. The maximum atomic E-state index is 12.1. The van der Waals surface area contributed by atoms with Crippen molar-refractivity contribution in [1.82, 2.24) is 0 Å². The predicted octanol–water partition coefficient (Wildman–Crippen LogP) is 2.92. The van der Waals surface area contributed by atoms with E-state index < -0.39 is 11.9 Å². The number of hydrogen-bond acceptors (Lipinski definition) is 4. The minimum Gasteiger partial charge on any atom is -0.456 e. The molecule has 0 aromatic heterocycles. The highest BCUT2D eigenvalue weighted by molar-refractivity contribution is 6.26. The summed E-state index contributed by atoms with van der Waals surface area (Å²) in [4.78, 5) is 23.1. The van der Waals surface area contributed by atoms with Crippen LogP contribution in [0.2, 0.25) is 0 Å². The van der Waals surface area contributed by atoms with E-state index in [9.17, 15) is 9.59 Å². The summed E-state index contributed by atoms with van der Waals surface area (Å²) in [7, 11) is 0. The Morgan fingerprint density at radius 1 is 1.05 bits per heavy atom. The molecule has 0 atom stereocenters. The second-order valence-electron chi connectivity index (χ2n) is 6.88. The molecule has 21 heavy (non-hydrogen) atoms. The number of rotatable bonds is 5. The van der Waals surface area contributed by atoms with E-state index in [4.69, 9.17) is 21.1 Å². The molecule has 4 rings (SSSR count). The van der Waals surface area contributed by atoms with Gasteiger partial charge in [-0.3, -0.25) is 4.79 Å². The van der Waals surface area contributed by atoms with E-state index in [1.807, 2.05) is 0 Å². The smallest absolute Gasteiger partial charge is 0.344 e. The molecule has 0 unspecified atom stereocenters. The van der Waals surface area contributed by atoms with Crippen molar-refractivity contribution in [3.05, 3.63) is 0 Å². The Bertz CT molecular complexity index is 406. The monoisotopic (exact) mass is 314 g/mol. The molecule has 0 aliphatic heterocycles. The van der Waals surface area contributed by atoms with Crippen molar-refractivity contribution in [3.63, 3.8) is 0 Å². The van der Waals surface area contributed by atoms with Crippen molar-refractivity contribution in [2.24, 2.45) is 23.7 Å². The molecule has 0 N–H and O–H groups in total. The SMILES string of the molecule is CCC1(OC(=O)COC(=O)CCl)C2CC3CC(C2)CC1C3. The summed E-state index contributed by atoms with van der Waals surface area (Å²) in [5.41, 5.74) is -0.322. The summed E-state index contributed by atoms with van der Waals surface area (Å²) in [6.45, 7) is 1.79. The lowest BCUT2D eigenvalue weighted by Crippen LogP contribution is -2.59. The quantitative estimate of drug-likeness (QED) is 0.578. The molecule has 4 bridgehead atoms. The summed E-state index contributed by atoms with van der Waals surface area (Å²) < 4.78 is 10.7. The third kappa shape index (κ3) is 2.67. The minimum absolute atomic E-state index is 0.235. The number of ether oxygens (including phenoxy) is 2. The molecule has 0 radical (unpaired) electrons. The Labute approximate surface area is 130 Å². The van der Waals surface area contributed by atoms with E-state index >= 15 is 0 Å². The van der Waals surface area contributed by atoms with Gasteiger partial charge in [-0.15, -0.1) is 11.6 Å². The maximum Gasteiger partial charge on any atom is 0.344 e. The Morgan fingerprint density at radius 2 is 1.62 bits per heavy atom. The van der Waals surface area contributed by atoms with Crippen LogP contribution >= 0.6 is 11.6 Å². The molecule has 118 valence electrons. The van der Waals surface area contributed by atoms with Crippen molar-refractivity contribution >= 4 is 23.5 Å². The van der Waals surface area contributed by atoms with E-state index in [1.54, 1.807) is 0 Å². The fraction of sp³-hybridized carbons (Fsp3) is 0.875. The molecule has 0 heterocycles. The highest BCUT2D eigenvalue weighted by Crippen LogP contribution is 2.60. The molecular formula is C16H23ClO4. The molecule has 4 aliphatic carbocycles. The molecule has 0 spiro atoms. The summed E-state index contributed by atoms with van der Waals surface area (Å²) in [5.74, 6) is 1.41. The minimum atomic E-state index is -0.579. The Hall–Kier alpha value is -0.770. The zero-order valence-electron chi connectivity index (χ0n) is 12.5. The third-order valence-corrected chi connectivity index (χ3v) is 6.05. The predicted molar refractivity (Wildman–Crippen MR) is 77.8 cm³/mol. The van der Waals surface area contributed by atoms with Crippen LogP contribution in [0.1, 0.15) is 45.4 Å². The fourth-order valence-electron chi connectivity index (χ4n) is 5.22. The van der Waals surface area contributed by atoms with Gasteiger partial charge in [0.1, 0.15) is 11.5 Å². The van der Waals surface area contributed by atoms with Crippen LogP contribution in [0.5, 0.6) is 0 Å². The van der Waals surface area contributed by atoms with Gasteiger partial charge in [-0.05, 0) is 62.2 Å². The lowest BCUT2D eigenvalue weighted by atomic mass is 9.49. The highest BCUT2D eigenvalue weighted by Gasteiger charge is 2.58. The molecule has 5 heteroatoms. The highest BCUT2D eigenvalue weighted by atomic mass is 35.5. The molecule has 4 fully saturated rings. The van der Waals surface area contributed by atoms with Crippen molar-refractivity contribution < 1.29 is 19.1 Å².